The van der Waals surface area contributed by atoms with Crippen molar-refractivity contribution in [3.8, 4) is 0 Å². The monoisotopic (exact) mass is 397 g/mol. The highest BCUT2D eigenvalue weighted by Crippen LogP contribution is 2.22. The molecule has 142 valence electrons. The lowest BCUT2D eigenvalue weighted by Crippen LogP contribution is -2.24. The molecule has 0 saturated heterocycles. The van der Waals surface area contributed by atoms with Gasteiger partial charge in [0.1, 0.15) is 0 Å². The topological polar surface area (TPSA) is 89.5 Å². The molecule has 0 aromatic heterocycles. The Morgan fingerprint density at radius 2 is 1.50 bits per heavy atom. The van der Waals surface area contributed by atoms with Gasteiger partial charge in [-0.15, -0.1) is 0 Å². The molecule has 0 aliphatic heterocycles. The lowest BCUT2D eigenvalue weighted by atomic mass is 9.87. The molecule has 0 aliphatic carbocycles. The van der Waals surface area contributed by atoms with Crippen molar-refractivity contribution in [3.63, 3.8) is 0 Å². The number of sulfone groups is 1. The summed E-state index contributed by atoms with van der Waals surface area (Å²) in [5.41, 5.74) is 2.01. The number of benzene rings is 2. The van der Waals surface area contributed by atoms with Gasteiger partial charge in [-0.2, -0.15) is 0 Å². The van der Waals surface area contributed by atoms with E-state index in [1.807, 2.05) is 29.2 Å². The molecule has 2 aromatic rings. The molecule has 0 bridgehead atoms. The number of hydrogen-bond donors (Lipinski definition) is 1. The SMILES string of the molecule is CC(C)(C)c1ccc(CONS(=O)(=O)c2cccc(S(C)(=O)=O)c2)cc1. The van der Waals surface area contributed by atoms with Crippen LogP contribution in [-0.2, 0) is 36.7 Å². The third kappa shape index (κ3) is 5.38. The third-order valence-corrected chi connectivity index (χ3v) is 6.09. The van der Waals surface area contributed by atoms with Crippen molar-refractivity contribution < 1.29 is 21.7 Å². The van der Waals surface area contributed by atoms with E-state index in [1.165, 1.54) is 23.8 Å². The van der Waals surface area contributed by atoms with Crippen molar-refractivity contribution in [1.82, 2.24) is 4.89 Å². The first kappa shape index (κ1) is 20.6. The molecule has 26 heavy (non-hydrogen) atoms. The Morgan fingerprint density at radius 1 is 0.923 bits per heavy atom. The minimum atomic E-state index is -3.98. The number of sulfonamides is 1. The van der Waals surface area contributed by atoms with Crippen LogP contribution in [-0.4, -0.2) is 23.1 Å². The number of hydrogen-bond acceptors (Lipinski definition) is 5. The van der Waals surface area contributed by atoms with Crippen molar-refractivity contribution >= 4 is 19.9 Å². The maximum absolute atomic E-state index is 12.3. The molecule has 0 spiro atoms. The van der Waals surface area contributed by atoms with E-state index >= 15 is 0 Å². The van der Waals surface area contributed by atoms with Crippen LogP contribution in [0.2, 0.25) is 0 Å². The zero-order valence-corrected chi connectivity index (χ0v) is 16.8. The predicted octanol–water partition coefficient (Wildman–Crippen LogP) is 2.80. The highest BCUT2D eigenvalue weighted by atomic mass is 32.2. The van der Waals surface area contributed by atoms with Gasteiger partial charge in [0.15, 0.2) is 9.84 Å². The quantitative estimate of drug-likeness (QED) is 0.757. The summed E-state index contributed by atoms with van der Waals surface area (Å²) in [7, 11) is -7.48. The van der Waals surface area contributed by atoms with Crippen LogP contribution in [0.3, 0.4) is 0 Å². The van der Waals surface area contributed by atoms with E-state index in [-0.39, 0.29) is 21.8 Å². The Morgan fingerprint density at radius 3 is 2.04 bits per heavy atom. The highest BCUT2D eigenvalue weighted by molar-refractivity contribution is 7.91. The van der Waals surface area contributed by atoms with Crippen LogP contribution in [0.15, 0.2) is 58.3 Å². The van der Waals surface area contributed by atoms with E-state index < -0.39 is 19.9 Å². The fraction of sp³-hybridized carbons (Fsp3) is 0.333. The minimum Gasteiger partial charge on any atom is -0.282 e. The highest BCUT2D eigenvalue weighted by Gasteiger charge is 2.17. The molecule has 2 aromatic carbocycles. The molecule has 0 fully saturated rings. The molecule has 0 unspecified atom stereocenters. The van der Waals surface area contributed by atoms with Crippen LogP contribution >= 0.6 is 0 Å². The van der Waals surface area contributed by atoms with Gasteiger partial charge in [-0.25, -0.2) is 16.8 Å². The van der Waals surface area contributed by atoms with Crippen LogP contribution in [0, 0.1) is 0 Å². The molecule has 0 amide bonds. The van der Waals surface area contributed by atoms with Gasteiger partial charge in [0.05, 0.1) is 16.4 Å². The van der Waals surface area contributed by atoms with E-state index in [0.29, 0.717) is 0 Å². The van der Waals surface area contributed by atoms with Gasteiger partial charge in [-0.3, -0.25) is 4.84 Å². The molecule has 8 heteroatoms. The average Bonchev–Trinajstić information content (AvgIpc) is 2.54. The average molecular weight is 398 g/mol. The summed E-state index contributed by atoms with van der Waals surface area (Å²) in [6.45, 7) is 6.38. The Kier molecular flexibility index (Phi) is 5.92. The Balaban J connectivity index is 2.05. The van der Waals surface area contributed by atoms with Crippen LogP contribution in [0.4, 0.5) is 0 Å². The van der Waals surface area contributed by atoms with Gasteiger partial charge in [-0.05, 0) is 34.7 Å². The van der Waals surface area contributed by atoms with Crippen molar-refractivity contribution in [1.29, 1.82) is 0 Å². The van der Waals surface area contributed by atoms with Gasteiger partial charge >= 0.3 is 0 Å². The second kappa shape index (κ2) is 7.48. The molecular weight excluding hydrogens is 374 g/mol. The molecule has 0 aliphatic rings. The Bertz CT molecular complexity index is 973. The molecule has 1 N–H and O–H groups in total. The summed E-state index contributed by atoms with van der Waals surface area (Å²) in [4.78, 5) is 6.88. The zero-order valence-electron chi connectivity index (χ0n) is 15.2. The lowest BCUT2D eigenvalue weighted by Gasteiger charge is -2.19. The molecule has 0 radical (unpaired) electrons. The number of nitrogens with one attached hydrogen (secondary N) is 1. The van der Waals surface area contributed by atoms with Crippen LogP contribution in [0.5, 0.6) is 0 Å². The second-order valence-corrected chi connectivity index (χ2v) is 10.7. The normalized spacial score (nSPS) is 12.9. The van der Waals surface area contributed by atoms with Crippen molar-refractivity contribution in [3.05, 3.63) is 59.7 Å². The van der Waals surface area contributed by atoms with E-state index in [1.54, 1.807) is 0 Å². The first-order valence-electron chi connectivity index (χ1n) is 7.93. The molecule has 2 rings (SSSR count). The summed E-state index contributed by atoms with van der Waals surface area (Å²) in [6.07, 6.45) is 1.02. The maximum Gasteiger partial charge on any atom is 0.262 e. The fourth-order valence-corrected chi connectivity index (χ4v) is 3.80. The molecule has 0 atom stereocenters. The smallest absolute Gasteiger partial charge is 0.262 e. The van der Waals surface area contributed by atoms with E-state index in [2.05, 4.69) is 20.8 Å². The predicted molar refractivity (Wildman–Crippen MR) is 99.8 cm³/mol. The summed E-state index contributed by atoms with van der Waals surface area (Å²) in [5, 5.41) is 0. The molecule has 0 saturated carbocycles. The van der Waals surface area contributed by atoms with Gasteiger partial charge in [0.25, 0.3) is 10.0 Å². The maximum atomic E-state index is 12.3. The van der Waals surface area contributed by atoms with E-state index in [0.717, 1.165) is 17.9 Å². The standard InChI is InChI=1S/C18H23NO5S2/c1-18(2,3)15-10-8-14(9-11-15)13-24-19-26(22,23)17-7-5-6-16(12-17)25(4,20)21/h5-12,19H,13H2,1-4H3. The van der Waals surface area contributed by atoms with Gasteiger partial charge in [0, 0.05) is 6.26 Å². The van der Waals surface area contributed by atoms with Crippen LogP contribution in [0.25, 0.3) is 0 Å². The summed E-state index contributed by atoms with van der Waals surface area (Å²) in [5.74, 6) is 0. The summed E-state index contributed by atoms with van der Waals surface area (Å²) >= 11 is 0. The largest absolute Gasteiger partial charge is 0.282 e. The van der Waals surface area contributed by atoms with Crippen molar-refractivity contribution in [2.45, 2.75) is 42.6 Å². The van der Waals surface area contributed by atoms with E-state index in [9.17, 15) is 16.8 Å². The van der Waals surface area contributed by atoms with Gasteiger partial charge < -0.3 is 0 Å². The molecular formula is C18H23NO5S2. The first-order chi connectivity index (χ1) is 11.9. The van der Waals surface area contributed by atoms with Crippen molar-refractivity contribution in [2.75, 3.05) is 6.26 Å². The van der Waals surface area contributed by atoms with Gasteiger partial charge in [-0.1, -0.05) is 56.0 Å². The molecule has 6 nitrogen and oxygen atoms in total. The van der Waals surface area contributed by atoms with Gasteiger partial charge in [0.2, 0.25) is 0 Å². The Labute approximate surface area is 155 Å². The first-order valence-corrected chi connectivity index (χ1v) is 11.3. The number of rotatable bonds is 6. The van der Waals surface area contributed by atoms with E-state index in [4.69, 9.17) is 4.84 Å². The minimum absolute atomic E-state index is 0.0333. The second-order valence-electron chi connectivity index (χ2n) is 7.07. The zero-order chi connectivity index (χ0) is 19.6. The fourth-order valence-electron chi connectivity index (χ4n) is 2.21. The molecule has 0 heterocycles. The van der Waals surface area contributed by atoms with Crippen molar-refractivity contribution in [2.24, 2.45) is 0 Å². The summed E-state index contributed by atoms with van der Waals surface area (Å²) in [6, 6.07) is 12.8. The van der Waals surface area contributed by atoms with Crippen LogP contribution in [0.1, 0.15) is 31.9 Å². The Hall–Kier alpha value is -1.74. The summed E-state index contributed by atoms with van der Waals surface area (Å²) < 4.78 is 47.6. The lowest BCUT2D eigenvalue weighted by molar-refractivity contribution is 0.0795. The van der Waals surface area contributed by atoms with Crippen LogP contribution < -0.4 is 4.89 Å². The third-order valence-electron chi connectivity index (χ3n) is 3.77.